The molecule has 2 aromatic carbocycles. The van der Waals surface area contributed by atoms with Gasteiger partial charge in [-0.25, -0.2) is 0 Å². The van der Waals surface area contributed by atoms with Crippen LogP contribution in [0.15, 0.2) is 60.9 Å². The van der Waals surface area contributed by atoms with Crippen molar-refractivity contribution in [2.45, 2.75) is 13.5 Å². The summed E-state index contributed by atoms with van der Waals surface area (Å²) >= 11 is 12.4. The van der Waals surface area contributed by atoms with Crippen LogP contribution in [0.4, 0.5) is 5.69 Å². The van der Waals surface area contributed by atoms with Crippen LogP contribution in [0.2, 0.25) is 10.0 Å². The Morgan fingerprint density at radius 2 is 1.81 bits per heavy atom. The summed E-state index contributed by atoms with van der Waals surface area (Å²) in [6, 6.07) is 14.4. The highest BCUT2D eigenvalue weighted by Crippen LogP contribution is 2.30. The smallest absolute Gasteiger partial charge is 0.258 e. The van der Waals surface area contributed by atoms with Gasteiger partial charge in [0.25, 0.3) is 5.91 Å². The fourth-order valence-corrected chi connectivity index (χ4v) is 3.35. The monoisotopic (exact) mass is 400 g/mol. The molecule has 0 atom stereocenters. The molecular weight excluding hydrogens is 383 g/mol. The summed E-state index contributed by atoms with van der Waals surface area (Å²) < 4.78 is 5.44. The van der Waals surface area contributed by atoms with Gasteiger partial charge in [-0.2, -0.15) is 0 Å². The SMILES string of the molecule is COc1ccccc1CN(C(=O)c1ccncc1C)c1cc(Cl)cc(Cl)c1. The van der Waals surface area contributed by atoms with Crippen molar-refractivity contribution >= 4 is 34.8 Å². The van der Waals surface area contributed by atoms with Crippen LogP contribution < -0.4 is 9.64 Å². The average molecular weight is 401 g/mol. The molecule has 0 unspecified atom stereocenters. The van der Waals surface area contributed by atoms with Gasteiger partial charge >= 0.3 is 0 Å². The first-order chi connectivity index (χ1) is 13.0. The standard InChI is InChI=1S/C21H18Cl2N2O2/c1-14-12-24-8-7-19(14)21(26)25(18-10-16(22)9-17(23)11-18)13-15-5-3-4-6-20(15)27-2/h3-12H,13H2,1-2H3. The van der Waals surface area contributed by atoms with E-state index in [2.05, 4.69) is 4.98 Å². The molecule has 1 heterocycles. The summed E-state index contributed by atoms with van der Waals surface area (Å²) in [5, 5.41) is 0.920. The number of aromatic nitrogens is 1. The molecule has 0 aliphatic carbocycles. The number of amides is 1. The Morgan fingerprint density at radius 3 is 2.48 bits per heavy atom. The molecule has 6 heteroatoms. The summed E-state index contributed by atoms with van der Waals surface area (Å²) in [4.78, 5) is 19.1. The quantitative estimate of drug-likeness (QED) is 0.563. The Balaban J connectivity index is 2.08. The van der Waals surface area contributed by atoms with Crippen molar-refractivity contribution in [3.63, 3.8) is 0 Å². The van der Waals surface area contributed by atoms with E-state index >= 15 is 0 Å². The van der Waals surface area contributed by atoms with Gasteiger partial charge in [0.15, 0.2) is 0 Å². The van der Waals surface area contributed by atoms with Gasteiger partial charge in [-0.3, -0.25) is 9.78 Å². The van der Waals surface area contributed by atoms with Crippen molar-refractivity contribution in [2.24, 2.45) is 0 Å². The van der Waals surface area contributed by atoms with Gasteiger partial charge in [-0.1, -0.05) is 41.4 Å². The number of benzene rings is 2. The van der Waals surface area contributed by atoms with E-state index in [4.69, 9.17) is 27.9 Å². The normalized spacial score (nSPS) is 10.5. The second kappa shape index (κ2) is 8.42. The number of aryl methyl sites for hydroxylation is 1. The van der Waals surface area contributed by atoms with Crippen LogP contribution in [-0.2, 0) is 6.54 Å². The Hall–Kier alpha value is -2.56. The molecule has 0 spiro atoms. The van der Waals surface area contributed by atoms with Crippen LogP contribution in [-0.4, -0.2) is 18.0 Å². The fourth-order valence-electron chi connectivity index (χ4n) is 2.84. The molecule has 0 aliphatic rings. The molecule has 0 saturated carbocycles. The lowest BCUT2D eigenvalue weighted by Crippen LogP contribution is -2.31. The molecule has 0 bridgehead atoms. The maximum absolute atomic E-state index is 13.4. The highest BCUT2D eigenvalue weighted by Gasteiger charge is 2.22. The van der Waals surface area contributed by atoms with Gasteiger partial charge in [-0.05, 0) is 42.8 Å². The number of pyridine rings is 1. The van der Waals surface area contributed by atoms with E-state index in [0.29, 0.717) is 33.6 Å². The number of ether oxygens (including phenoxy) is 1. The van der Waals surface area contributed by atoms with Gasteiger partial charge in [0.2, 0.25) is 0 Å². The molecule has 4 nitrogen and oxygen atoms in total. The van der Waals surface area contributed by atoms with E-state index in [1.165, 1.54) is 0 Å². The zero-order valence-corrected chi connectivity index (χ0v) is 16.5. The molecular formula is C21H18Cl2N2O2. The topological polar surface area (TPSA) is 42.4 Å². The summed E-state index contributed by atoms with van der Waals surface area (Å²) in [6.45, 7) is 2.16. The molecule has 0 fully saturated rings. The van der Waals surface area contributed by atoms with Crippen LogP contribution in [0.25, 0.3) is 0 Å². The first kappa shape index (κ1) is 19.2. The molecule has 27 heavy (non-hydrogen) atoms. The lowest BCUT2D eigenvalue weighted by Gasteiger charge is -2.25. The van der Waals surface area contributed by atoms with Gasteiger partial charge in [0.05, 0.1) is 13.7 Å². The van der Waals surface area contributed by atoms with Crippen molar-refractivity contribution < 1.29 is 9.53 Å². The molecule has 1 amide bonds. The number of methoxy groups -OCH3 is 1. The van der Waals surface area contributed by atoms with Gasteiger partial charge < -0.3 is 9.64 Å². The minimum absolute atomic E-state index is 0.167. The number of carbonyl (C=O) groups excluding carboxylic acids is 1. The summed E-state index contributed by atoms with van der Waals surface area (Å²) in [5.41, 5.74) is 2.84. The van der Waals surface area contributed by atoms with Crippen LogP contribution in [0.3, 0.4) is 0 Å². The Labute approximate surface area is 168 Å². The van der Waals surface area contributed by atoms with E-state index in [1.807, 2.05) is 31.2 Å². The van der Waals surface area contributed by atoms with Gasteiger partial charge in [0.1, 0.15) is 5.75 Å². The molecule has 3 aromatic rings. The third kappa shape index (κ3) is 4.41. The zero-order valence-electron chi connectivity index (χ0n) is 14.9. The van der Waals surface area contributed by atoms with E-state index in [1.54, 1.807) is 48.7 Å². The molecule has 0 radical (unpaired) electrons. The maximum atomic E-state index is 13.4. The summed E-state index contributed by atoms with van der Waals surface area (Å²) in [7, 11) is 1.61. The van der Waals surface area contributed by atoms with Crippen LogP contribution in [0, 0.1) is 6.92 Å². The van der Waals surface area contributed by atoms with Crippen molar-refractivity contribution in [1.29, 1.82) is 0 Å². The predicted octanol–water partition coefficient (Wildman–Crippen LogP) is 5.55. The molecule has 0 N–H and O–H groups in total. The highest BCUT2D eigenvalue weighted by atomic mass is 35.5. The first-order valence-corrected chi connectivity index (χ1v) is 9.05. The minimum atomic E-state index is -0.167. The number of anilines is 1. The lowest BCUT2D eigenvalue weighted by atomic mass is 10.1. The van der Waals surface area contributed by atoms with Crippen molar-refractivity contribution in [3.8, 4) is 5.75 Å². The number of para-hydroxylation sites is 1. The van der Waals surface area contributed by atoms with Crippen LogP contribution in [0.5, 0.6) is 5.75 Å². The van der Waals surface area contributed by atoms with Crippen LogP contribution >= 0.6 is 23.2 Å². The Kier molecular flexibility index (Phi) is 5.99. The van der Waals surface area contributed by atoms with Gasteiger partial charge in [-0.15, -0.1) is 0 Å². The van der Waals surface area contributed by atoms with Gasteiger partial charge in [0, 0.05) is 39.3 Å². The molecule has 3 rings (SSSR count). The van der Waals surface area contributed by atoms with E-state index in [-0.39, 0.29) is 5.91 Å². The van der Waals surface area contributed by atoms with Crippen molar-refractivity contribution in [2.75, 3.05) is 12.0 Å². The molecule has 0 saturated heterocycles. The second-order valence-corrected chi connectivity index (χ2v) is 6.89. The predicted molar refractivity (Wildman–Crippen MR) is 109 cm³/mol. The summed E-state index contributed by atoms with van der Waals surface area (Å²) in [6.07, 6.45) is 3.27. The third-order valence-corrected chi connectivity index (χ3v) is 4.61. The number of hydrogen-bond acceptors (Lipinski definition) is 3. The zero-order chi connectivity index (χ0) is 19.4. The number of halogens is 2. The number of nitrogens with zero attached hydrogens (tertiary/aromatic N) is 2. The highest BCUT2D eigenvalue weighted by molar-refractivity contribution is 6.35. The number of carbonyl (C=O) groups is 1. The van der Waals surface area contributed by atoms with Crippen LogP contribution in [0.1, 0.15) is 21.5 Å². The Morgan fingerprint density at radius 1 is 1.11 bits per heavy atom. The van der Waals surface area contributed by atoms with E-state index in [9.17, 15) is 4.79 Å². The summed E-state index contributed by atoms with van der Waals surface area (Å²) in [5.74, 6) is 0.536. The van der Waals surface area contributed by atoms with E-state index < -0.39 is 0 Å². The first-order valence-electron chi connectivity index (χ1n) is 8.30. The van der Waals surface area contributed by atoms with E-state index in [0.717, 1.165) is 11.1 Å². The lowest BCUT2D eigenvalue weighted by molar-refractivity contribution is 0.0984. The minimum Gasteiger partial charge on any atom is -0.496 e. The fraction of sp³-hybridized carbons (Fsp3) is 0.143. The average Bonchev–Trinajstić information content (AvgIpc) is 2.65. The second-order valence-electron chi connectivity index (χ2n) is 6.02. The van der Waals surface area contributed by atoms with Crippen molar-refractivity contribution in [1.82, 2.24) is 4.98 Å². The number of rotatable bonds is 5. The third-order valence-electron chi connectivity index (χ3n) is 4.18. The Bertz CT molecular complexity index is 956. The number of hydrogen-bond donors (Lipinski definition) is 0. The largest absolute Gasteiger partial charge is 0.496 e. The molecule has 138 valence electrons. The van der Waals surface area contributed by atoms with Crippen molar-refractivity contribution in [3.05, 3.63) is 87.7 Å². The molecule has 0 aliphatic heterocycles. The maximum Gasteiger partial charge on any atom is 0.258 e. The molecule has 1 aromatic heterocycles.